The number of rotatable bonds is 3. The number of benzene rings is 1. The van der Waals surface area contributed by atoms with Crippen LogP contribution in [0.1, 0.15) is 30.9 Å². The lowest BCUT2D eigenvalue weighted by atomic mass is 9.96. The second-order valence-corrected chi connectivity index (χ2v) is 4.32. The van der Waals surface area contributed by atoms with Crippen molar-refractivity contribution in [3.8, 4) is 5.75 Å². The number of methoxy groups -OCH3 is 1. The van der Waals surface area contributed by atoms with E-state index in [1.165, 1.54) is 13.2 Å². The number of ether oxygens (including phenoxy) is 2. The first-order valence-electron chi connectivity index (χ1n) is 5.93. The maximum Gasteiger partial charge on any atom is 0.131 e. The number of hydrogen-bond acceptors (Lipinski definition) is 3. The highest BCUT2D eigenvalue weighted by Gasteiger charge is 2.24. The molecule has 3 nitrogen and oxygen atoms in total. The van der Waals surface area contributed by atoms with Crippen LogP contribution < -0.4 is 10.5 Å². The molecule has 0 spiro atoms. The third-order valence-electron chi connectivity index (χ3n) is 3.18. The van der Waals surface area contributed by atoms with Crippen LogP contribution in [0.5, 0.6) is 5.75 Å². The van der Waals surface area contributed by atoms with E-state index in [0.29, 0.717) is 11.3 Å². The lowest BCUT2D eigenvalue weighted by molar-refractivity contribution is -0.000629. The van der Waals surface area contributed by atoms with E-state index in [4.69, 9.17) is 15.2 Å². The molecule has 1 aliphatic heterocycles. The van der Waals surface area contributed by atoms with Gasteiger partial charge in [-0.25, -0.2) is 4.39 Å². The molecule has 1 aromatic rings. The van der Waals surface area contributed by atoms with E-state index in [1.807, 2.05) is 0 Å². The number of nitrogens with two attached hydrogens (primary N) is 1. The Kier molecular flexibility index (Phi) is 3.97. The smallest absolute Gasteiger partial charge is 0.131 e. The van der Waals surface area contributed by atoms with Crippen LogP contribution in [0.3, 0.4) is 0 Å². The molecule has 1 saturated heterocycles. The molecule has 2 rings (SSSR count). The highest BCUT2D eigenvalue weighted by Crippen LogP contribution is 2.27. The molecule has 0 amide bonds. The molecule has 2 unspecified atom stereocenters. The van der Waals surface area contributed by atoms with Crippen LogP contribution in [0.2, 0.25) is 0 Å². The molecule has 2 atom stereocenters. The Morgan fingerprint density at radius 2 is 2.29 bits per heavy atom. The summed E-state index contributed by atoms with van der Waals surface area (Å²) in [5.41, 5.74) is 6.55. The maximum absolute atomic E-state index is 13.8. The molecule has 4 heteroatoms. The molecule has 94 valence electrons. The van der Waals surface area contributed by atoms with Gasteiger partial charge in [0.05, 0.1) is 19.3 Å². The van der Waals surface area contributed by atoms with Crippen LogP contribution in [0, 0.1) is 5.82 Å². The summed E-state index contributed by atoms with van der Waals surface area (Å²) in [5.74, 6) is 0.175. The van der Waals surface area contributed by atoms with Gasteiger partial charge in [0.2, 0.25) is 0 Å². The molecule has 0 aliphatic carbocycles. The Morgan fingerprint density at radius 1 is 1.47 bits per heavy atom. The van der Waals surface area contributed by atoms with Gasteiger partial charge in [0.15, 0.2) is 0 Å². The van der Waals surface area contributed by atoms with E-state index in [1.54, 1.807) is 12.1 Å². The highest BCUT2D eigenvalue weighted by atomic mass is 19.1. The molecule has 0 bridgehead atoms. The van der Waals surface area contributed by atoms with Crippen LogP contribution in [-0.2, 0) is 4.74 Å². The van der Waals surface area contributed by atoms with Gasteiger partial charge in [0.1, 0.15) is 11.6 Å². The van der Waals surface area contributed by atoms with Gasteiger partial charge < -0.3 is 15.2 Å². The Bertz CT molecular complexity index is 378. The van der Waals surface area contributed by atoms with E-state index in [2.05, 4.69) is 0 Å². The molecule has 0 radical (unpaired) electrons. The first-order valence-corrected chi connectivity index (χ1v) is 5.93. The van der Waals surface area contributed by atoms with Gasteiger partial charge in [-0.15, -0.1) is 0 Å². The molecule has 1 aromatic carbocycles. The zero-order valence-electron chi connectivity index (χ0n) is 9.99. The fourth-order valence-corrected chi connectivity index (χ4v) is 2.15. The van der Waals surface area contributed by atoms with Crippen molar-refractivity contribution in [2.75, 3.05) is 13.7 Å². The zero-order chi connectivity index (χ0) is 12.3. The van der Waals surface area contributed by atoms with Crippen molar-refractivity contribution in [2.45, 2.75) is 31.4 Å². The fourth-order valence-electron chi connectivity index (χ4n) is 2.15. The summed E-state index contributed by atoms with van der Waals surface area (Å²) >= 11 is 0. The maximum atomic E-state index is 13.8. The summed E-state index contributed by atoms with van der Waals surface area (Å²) in [6.07, 6.45) is 2.98. The highest BCUT2D eigenvalue weighted by molar-refractivity contribution is 5.31. The van der Waals surface area contributed by atoms with Gasteiger partial charge in [0, 0.05) is 18.2 Å². The molecule has 1 fully saturated rings. The molecule has 0 saturated carbocycles. The Hall–Kier alpha value is -1.13. The summed E-state index contributed by atoms with van der Waals surface area (Å²) in [4.78, 5) is 0. The quantitative estimate of drug-likeness (QED) is 0.881. The van der Waals surface area contributed by atoms with E-state index in [9.17, 15) is 4.39 Å². The average Bonchev–Trinajstić information content (AvgIpc) is 2.39. The minimum Gasteiger partial charge on any atom is -0.497 e. The minimum atomic E-state index is -0.402. The summed E-state index contributed by atoms with van der Waals surface area (Å²) < 4.78 is 24.4. The third-order valence-corrected chi connectivity index (χ3v) is 3.18. The molecule has 17 heavy (non-hydrogen) atoms. The van der Waals surface area contributed by atoms with E-state index < -0.39 is 6.04 Å². The second kappa shape index (κ2) is 5.47. The molecule has 0 aromatic heterocycles. The number of hydrogen-bond donors (Lipinski definition) is 1. The number of halogens is 1. The van der Waals surface area contributed by atoms with Gasteiger partial charge in [-0.2, -0.15) is 0 Å². The van der Waals surface area contributed by atoms with E-state index in [0.717, 1.165) is 25.9 Å². The summed E-state index contributed by atoms with van der Waals surface area (Å²) in [6.45, 7) is 0.718. The standard InChI is InChI=1S/C13H18FNO2/c1-16-9-5-6-10(11(14)8-9)13(15)12-4-2-3-7-17-12/h5-6,8,12-13H,2-4,7,15H2,1H3. The van der Waals surface area contributed by atoms with Crippen LogP contribution in [-0.4, -0.2) is 19.8 Å². The molecule has 1 aliphatic rings. The first kappa shape index (κ1) is 12.3. The van der Waals surface area contributed by atoms with Crippen molar-refractivity contribution in [3.63, 3.8) is 0 Å². The molecule has 2 N–H and O–H groups in total. The van der Waals surface area contributed by atoms with Crippen molar-refractivity contribution in [1.82, 2.24) is 0 Å². The SMILES string of the molecule is COc1ccc(C(N)C2CCCCO2)c(F)c1. The largest absolute Gasteiger partial charge is 0.497 e. The zero-order valence-corrected chi connectivity index (χ0v) is 9.99. The van der Waals surface area contributed by atoms with Crippen LogP contribution in [0.4, 0.5) is 4.39 Å². The van der Waals surface area contributed by atoms with Crippen molar-refractivity contribution in [3.05, 3.63) is 29.6 Å². The summed E-state index contributed by atoms with van der Waals surface area (Å²) in [6, 6.07) is 4.36. The average molecular weight is 239 g/mol. The summed E-state index contributed by atoms with van der Waals surface area (Å²) in [5, 5.41) is 0. The van der Waals surface area contributed by atoms with Gasteiger partial charge in [-0.3, -0.25) is 0 Å². The molecule has 1 heterocycles. The topological polar surface area (TPSA) is 44.5 Å². The predicted molar refractivity (Wildman–Crippen MR) is 63.5 cm³/mol. The van der Waals surface area contributed by atoms with Gasteiger partial charge in [-0.05, 0) is 25.3 Å². The Morgan fingerprint density at radius 3 is 2.88 bits per heavy atom. The first-order chi connectivity index (χ1) is 8.22. The van der Waals surface area contributed by atoms with Gasteiger partial charge >= 0.3 is 0 Å². The van der Waals surface area contributed by atoms with Crippen LogP contribution in [0.25, 0.3) is 0 Å². The second-order valence-electron chi connectivity index (χ2n) is 4.32. The Balaban J connectivity index is 2.15. The molecular formula is C13H18FNO2. The fraction of sp³-hybridized carbons (Fsp3) is 0.538. The van der Waals surface area contributed by atoms with Crippen molar-refractivity contribution in [2.24, 2.45) is 5.73 Å². The van der Waals surface area contributed by atoms with E-state index in [-0.39, 0.29) is 11.9 Å². The minimum absolute atomic E-state index is 0.0772. The third kappa shape index (κ3) is 2.76. The van der Waals surface area contributed by atoms with Gasteiger partial charge in [-0.1, -0.05) is 6.07 Å². The Labute approximate surface area is 101 Å². The van der Waals surface area contributed by atoms with Gasteiger partial charge in [0.25, 0.3) is 0 Å². The lowest BCUT2D eigenvalue weighted by Gasteiger charge is -2.28. The normalized spacial score (nSPS) is 22.2. The van der Waals surface area contributed by atoms with Crippen LogP contribution in [0.15, 0.2) is 18.2 Å². The molecular weight excluding hydrogens is 221 g/mol. The van der Waals surface area contributed by atoms with Crippen molar-refractivity contribution >= 4 is 0 Å². The van der Waals surface area contributed by atoms with E-state index >= 15 is 0 Å². The summed E-state index contributed by atoms with van der Waals surface area (Å²) in [7, 11) is 1.51. The van der Waals surface area contributed by atoms with Crippen LogP contribution >= 0.6 is 0 Å². The van der Waals surface area contributed by atoms with Crippen molar-refractivity contribution in [1.29, 1.82) is 0 Å². The lowest BCUT2D eigenvalue weighted by Crippen LogP contribution is -2.32. The predicted octanol–water partition coefficient (Wildman–Crippen LogP) is 2.40. The monoisotopic (exact) mass is 239 g/mol. The van der Waals surface area contributed by atoms with Crippen molar-refractivity contribution < 1.29 is 13.9 Å².